The third-order valence-electron chi connectivity index (χ3n) is 4.71. The molecule has 1 amide bonds. The van der Waals surface area contributed by atoms with Crippen LogP contribution >= 0.6 is 27.7 Å². The van der Waals surface area contributed by atoms with E-state index in [4.69, 9.17) is 5.26 Å². The zero-order valence-electron chi connectivity index (χ0n) is 16.6. The number of benzene rings is 2. The van der Waals surface area contributed by atoms with E-state index in [9.17, 15) is 9.59 Å². The number of nitrogens with zero attached hydrogens (tertiary/aromatic N) is 1. The zero-order valence-corrected chi connectivity index (χ0v) is 19.0. The van der Waals surface area contributed by atoms with Gasteiger partial charge in [0.2, 0.25) is 5.91 Å². The Morgan fingerprint density at radius 2 is 1.70 bits per heavy atom. The molecule has 0 radical (unpaired) electrons. The van der Waals surface area contributed by atoms with Crippen LogP contribution in [0, 0.1) is 25.2 Å². The monoisotopic (exact) mass is 481 g/mol. The minimum absolute atomic E-state index is 0.106. The summed E-state index contributed by atoms with van der Waals surface area (Å²) >= 11 is 5.08. The number of hydrogen-bond acceptors (Lipinski definition) is 4. The van der Waals surface area contributed by atoms with Crippen LogP contribution in [0.2, 0.25) is 0 Å². The summed E-state index contributed by atoms with van der Waals surface area (Å²) in [4.78, 5) is 29.1. The molecule has 0 bridgehead atoms. The van der Waals surface area contributed by atoms with Crippen LogP contribution in [0.3, 0.4) is 0 Å². The van der Waals surface area contributed by atoms with Crippen LogP contribution in [0.1, 0.15) is 28.8 Å². The number of pyridine rings is 1. The summed E-state index contributed by atoms with van der Waals surface area (Å²) in [7, 11) is 0. The molecule has 3 rings (SSSR count). The number of carbonyl (C=O) groups is 1. The number of rotatable bonds is 6. The van der Waals surface area contributed by atoms with Crippen molar-refractivity contribution in [3.8, 4) is 6.07 Å². The molecule has 0 aliphatic carbocycles. The highest BCUT2D eigenvalue weighted by molar-refractivity contribution is 9.10. The Kier molecular flexibility index (Phi) is 7.14. The van der Waals surface area contributed by atoms with Gasteiger partial charge >= 0.3 is 0 Å². The highest BCUT2D eigenvalue weighted by Crippen LogP contribution is 2.29. The number of nitrogens with one attached hydrogen (secondary N) is 2. The molecule has 2 aromatic carbocycles. The van der Waals surface area contributed by atoms with E-state index >= 15 is 0 Å². The molecule has 0 aliphatic rings. The van der Waals surface area contributed by atoms with Crippen LogP contribution in [-0.2, 0) is 11.2 Å². The summed E-state index contributed by atoms with van der Waals surface area (Å²) in [5.74, 6) is -0.119. The first-order chi connectivity index (χ1) is 14.4. The van der Waals surface area contributed by atoms with E-state index in [0.29, 0.717) is 17.7 Å². The molecule has 0 aliphatic heterocycles. The maximum Gasteiger partial charge on any atom is 0.266 e. The normalized spacial score (nSPS) is 10.5. The molecule has 1 aromatic heterocycles. The summed E-state index contributed by atoms with van der Waals surface area (Å²) < 4.78 is 1.04. The SMILES string of the molecule is Cc1[nH]c(=O)c(C#N)c(C)c1CCC(=O)Nc1ccc(Sc2ccc(Br)cc2)cc1. The molecule has 0 atom stereocenters. The molecule has 1 heterocycles. The fourth-order valence-electron chi connectivity index (χ4n) is 3.13. The number of anilines is 1. The highest BCUT2D eigenvalue weighted by Gasteiger charge is 2.13. The smallest absolute Gasteiger partial charge is 0.266 e. The van der Waals surface area contributed by atoms with Gasteiger partial charge in [-0.05, 0) is 79.9 Å². The maximum atomic E-state index is 12.4. The molecule has 30 heavy (non-hydrogen) atoms. The molecule has 0 saturated heterocycles. The van der Waals surface area contributed by atoms with Gasteiger partial charge in [0.15, 0.2) is 0 Å². The lowest BCUT2D eigenvalue weighted by Gasteiger charge is -2.11. The van der Waals surface area contributed by atoms with Gasteiger partial charge in [0.1, 0.15) is 11.6 Å². The van der Waals surface area contributed by atoms with E-state index in [2.05, 4.69) is 26.2 Å². The number of aromatic nitrogens is 1. The van der Waals surface area contributed by atoms with Crippen molar-refractivity contribution in [2.24, 2.45) is 0 Å². The number of halogens is 1. The van der Waals surface area contributed by atoms with Crippen molar-refractivity contribution in [2.75, 3.05) is 5.32 Å². The predicted octanol–water partition coefficient (Wildman–Crippen LogP) is 5.35. The van der Waals surface area contributed by atoms with Gasteiger partial charge in [0.05, 0.1) is 0 Å². The number of H-pyrrole nitrogens is 1. The molecule has 152 valence electrons. The summed E-state index contributed by atoms with van der Waals surface area (Å²) in [5.41, 5.74) is 2.62. The van der Waals surface area contributed by atoms with Gasteiger partial charge in [-0.2, -0.15) is 5.26 Å². The van der Waals surface area contributed by atoms with E-state index in [0.717, 1.165) is 25.5 Å². The lowest BCUT2D eigenvalue weighted by atomic mass is 9.99. The van der Waals surface area contributed by atoms with E-state index in [1.54, 1.807) is 25.6 Å². The third kappa shape index (κ3) is 5.41. The van der Waals surface area contributed by atoms with Crippen molar-refractivity contribution in [3.63, 3.8) is 0 Å². The first-order valence-electron chi connectivity index (χ1n) is 9.33. The van der Waals surface area contributed by atoms with Gasteiger partial charge in [-0.25, -0.2) is 0 Å². The standard InChI is InChI=1S/C23H20BrN3O2S/c1-14-20(15(2)26-23(29)21(14)13-25)11-12-22(28)27-17-5-9-19(10-6-17)30-18-7-3-16(24)4-8-18/h3-10H,11-12H2,1-2H3,(H,26,29)(H,27,28). The van der Waals surface area contributed by atoms with Crippen molar-refractivity contribution in [1.29, 1.82) is 5.26 Å². The van der Waals surface area contributed by atoms with Crippen LogP contribution in [0.4, 0.5) is 5.69 Å². The fourth-order valence-corrected chi connectivity index (χ4v) is 4.21. The Labute approximate surface area is 187 Å². The second-order valence-corrected chi connectivity index (χ2v) is 8.86. The van der Waals surface area contributed by atoms with Crippen LogP contribution < -0.4 is 10.9 Å². The van der Waals surface area contributed by atoms with Crippen LogP contribution in [-0.4, -0.2) is 10.9 Å². The largest absolute Gasteiger partial charge is 0.326 e. The second kappa shape index (κ2) is 9.79. The molecule has 0 unspecified atom stereocenters. The molecule has 5 nitrogen and oxygen atoms in total. The topological polar surface area (TPSA) is 85.8 Å². The molecule has 3 aromatic rings. The molecular formula is C23H20BrN3O2S. The van der Waals surface area contributed by atoms with E-state index in [1.165, 1.54) is 0 Å². The van der Waals surface area contributed by atoms with Gasteiger partial charge in [-0.15, -0.1) is 0 Å². The summed E-state index contributed by atoms with van der Waals surface area (Å²) in [5, 5.41) is 12.1. The number of aryl methyl sites for hydroxylation is 1. The number of hydrogen-bond donors (Lipinski definition) is 2. The van der Waals surface area contributed by atoms with E-state index in [-0.39, 0.29) is 23.5 Å². The summed E-state index contributed by atoms with van der Waals surface area (Å²) in [6, 6.07) is 17.7. The maximum absolute atomic E-state index is 12.4. The Morgan fingerprint density at radius 1 is 1.10 bits per heavy atom. The minimum Gasteiger partial charge on any atom is -0.326 e. The molecule has 7 heteroatoms. The van der Waals surface area contributed by atoms with Gasteiger partial charge < -0.3 is 10.3 Å². The number of carbonyl (C=O) groups excluding carboxylic acids is 1. The zero-order chi connectivity index (χ0) is 21.7. The molecule has 0 fully saturated rings. The van der Waals surface area contributed by atoms with Crippen molar-refractivity contribution in [2.45, 2.75) is 36.5 Å². The lowest BCUT2D eigenvalue weighted by Crippen LogP contribution is -2.18. The van der Waals surface area contributed by atoms with Crippen molar-refractivity contribution < 1.29 is 4.79 Å². The molecule has 0 saturated carbocycles. The molecule has 0 spiro atoms. The fraction of sp³-hybridized carbons (Fsp3) is 0.174. The van der Waals surface area contributed by atoms with Gasteiger partial charge in [0, 0.05) is 32.1 Å². The van der Waals surface area contributed by atoms with Crippen molar-refractivity contribution >= 4 is 39.3 Å². The quantitative estimate of drug-likeness (QED) is 0.496. The Balaban J connectivity index is 1.60. The lowest BCUT2D eigenvalue weighted by molar-refractivity contribution is -0.116. The predicted molar refractivity (Wildman–Crippen MR) is 123 cm³/mol. The van der Waals surface area contributed by atoms with Crippen LogP contribution in [0.15, 0.2) is 67.6 Å². The Morgan fingerprint density at radius 3 is 2.30 bits per heavy atom. The summed E-state index contributed by atoms with van der Waals surface area (Å²) in [6.07, 6.45) is 0.709. The average Bonchev–Trinajstić information content (AvgIpc) is 2.71. The average molecular weight is 482 g/mol. The molecular weight excluding hydrogens is 462 g/mol. The van der Waals surface area contributed by atoms with Gasteiger partial charge in [-0.3, -0.25) is 9.59 Å². The van der Waals surface area contributed by atoms with Crippen LogP contribution in [0.5, 0.6) is 0 Å². The first-order valence-corrected chi connectivity index (χ1v) is 10.9. The van der Waals surface area contributed by atoms with Gasteiger partial charge in [-0.1, -0.05) is 27.7 Å². The van der Waals surface area contributed by atoms with E-state index < -0.39 is 0 Å². The van der Waals surface area contributed by atoms with Crippen molar-refractivity contribution in [3.05, 3.63) is 85.7 Å². The second-order valence-electron chi connectivity index (χ2n) is 6.80. The van der Waals surface area contributed by atoms with Crippen molar-refractivity contribution in [1.82, 2.24) is 4.98 Å². The van der Waals surface area contributed by atoms with Crippen LogP contribution in [0.25, 0.3) is 0 Å². The first kappa shape index (κ1) is 21.9. The minimum atomic E-state index is -0.387. The molecule has 2 N–H and O–H groups in total. The van der Waals surface area contributed by atoms with Gasteiger partial charge in [0.25, 0.3) is 5.56 Å². The highest BCUT2D eigenvalue weighted by atomic mass is 79.9. The summed E-state index contributed by atoms with van der Waals surface area (Å²) in [6.45, 7) is 3.53. The number of amides is 1. The number of nitriles is 1. The Bertz CT molecular complexity index is 1160. The van der Waals surface area contributed by atoms with E-state index in [1.807, 2.05) is 54.6 Å². The Hall–Kier alpha value is -2.82. The third-order valence-corrected chi connectivity index (χ3v) is 6.25. The number of aromatic amines is 1.